The van der Waals surface area contributed by atoms with Crippen LogP contribution in [0.1, 0.15) is 15.9 Å². The summed E-state index contributed by atoms with van der Waals surface area (Å²) in [5.41, 5.74) is 4.77. The highest BCUT2D eigenvalue weighted by Crippen LogP contribution is 2.33. The zero-order valence-corrected chi connectivity index (χ0v) is 24.2. The molecule has 218 valence electrons. The van der Waals surface area contributed by atoms with Crippen molar-refractivity contribution in [2.75, 3.05) is 62.8 Å². The van der Waals surface area contributed by atoms with Gasteiger partial charge in [-0.25, -0.2) is 13.1 Å². The summed E-state index contributed by atoms with van der Waals surface area (Å²) < 4.78 is 41.0. The summed E-state index contributed by atoms with van der Waals surface area (Å²) in [6.45, 7) is 5.61. The summed E-state index contributed by atoms with van der Waals surface area (Å²) in [5, 5.41) is 7.83. The normalized spacial score (nSPS) is 16.4. The van der Waals surface area contributed by atoms with Gasteiger partial charge >= 0.3 is 0 Å². The molecule has 3 heterocycles. The van der Waals surface area contributed by atoms with Crippen molar-refractivity contribution in [2.24, 2.45) is 0 Å². The zero-order valence-electron chi connectivity index (χ0n) is 23.4. The molecular formula is C31H33N5O5S. The van der Waals surface area contributed by atoms with E-state index in [-0.39, 0.29) is 23.9 Å². The Hall–Kier alpha value is -4.03. The number of carbonyl (C=O) groups excluding carboxylic acids is 1. The first-order valence-corrected chi connectivity index (χ1v) is 15.4. The van der Waals surface area contributed by atoms with E-state index in [1.54, 1.807) is 29.1 Å². The second-order valence-electron chi connectivity index (χ2n) is 10.3. The van der Waals surface area contributed by atoms with E-state index >= 15 is 0 Å². The lowest BCUT2D eigenvalue weighted by molar-refractivity contribution is 0.0730. The van der Waals surface area contributed by atoms with Crippen LogP contribution in [0.25, 0.3) is 16.9 Å². The van der Waals surface area contributed by atoms with Gasteiger partial charge in [0.2, 0.25) is 10.0 Å². The number of hydrogen-bond acceptors (Lipinski definition) is 7. The maximum atomic E-state index is 14.0. The van der Waals surface area contributed by atoms with Crippen molar-refractivity contribution in [2.45, 2.75) is 11.8 Å². The molecule has 10 nitrogen and oxygen atoms in total. The summed E-state index contributed by atoms with van der Waals surface area (Å²) in [5.74, 6) is -0.386. The van der Waals surface area contributed by atoms with Crippen molar-refractivity contribution >= 4 is 27.3 Å². The first kappa shape index (κ1) is 28.1. The molecule has 0 spiro atoms. The molecule has 0 bridgehead atoms. The number of benzene rings is 3. The maximum absolute atomic E-state index is 14.0. The number of rotatable bonds is 7. The van der Waals surface area contributed by atoms with Gasteiger partial charge in [-0.15, -0.1) is 0 Å². The van der Waals surface area contributed by atoms with Gasteiger partial charge in [0.15, 0.2) is 0 Å². The molecule has 3 aromatic carbocycles. The molecule has 2 aliphatic heterocycles. The van der Waals surface area contributed by atoms with Crippen LogP contribution in [0, 0.1) is 6.92 Å². The molecule has 0 radical (unpaired) electrons. The van der Waals surface area contributed by atoms with Crippen LogP contribution in [-0.4, -0.2) is 81.0 Å². The number of sulfonamides is 1. The number of aromatic nitrogens is 2. The summed E-state index contributed by atoms with van der Waals surface area (Å²) in [7, 11) is -3.78. The van der Waals surface area contributed by atoms with Crippen molar-refractivity contribution in [3.8, 4) is 16.9 Å². The van der Waals surface area contributed by atoms with Gasteiger partial charge in [-0.05, 0) is 37.3 Å². The van der Waals surface area contributed by atoms with E-state index < -0.39 is 10.0 Å². The molecule has 4 aromatic rings. The van der Waals surface area contributed by atoms with E-state index in [0.29, 0.717) is 56.5 Å². The number of nitrogens with zero attached hydrogens (tertiary/aromatic N) is 4. The minimum atomic E-state index is -3.78. The van der Waals surface area contributed by atoms with E-state index in [1.807, 2.05) is 61.5 Å². The molecular weight excluding hydrogens is 554 g/mol. The lowest BCUT2D eigenvalue weighted by Gasteiger charge is -2.31. The number of ether oxygens (including phenoxy) is 2. The fourth-order valence-corrected chi connectivity index (χ4v) is 6.59. The molecule has 1 amide bonds. The number of para-hydroxylation sites is 1. The molecule has 1 N–H and O–H groups in total. The number of nitrogens with one attached hydrogen (secondary N) is 1. The monoisotopic (exact) mass is 587 g/mol. The van der Waals surface area contributed by atoms with Gasteiger partial charge in [0.05, 0.1) is 53.9 Å². The van der Waals surface area contributed by atoms with E-state index in [9.17, 15) is 13.2 Å². The summed E-state index contributed by atoms with van der Waals surface area (Å²) in [6.07, 6.45) is 1.71. The zero-order chi connectivity index (χ0) is 29.1. The highest BCUT2D eigenvalue weighted by atomic mass is 32.2. The van der Waals surface area contributed by atoms with E-state index in [4.69, 9.17) is 14.6 Å². The second-order valence-corrected chi connectivity index (χ2v) is 12.2. The van der Waals surface area contributed by atoms with Crippen LogP contribution < -0.4 is 10.2 Å². The third-order valence-corrected chi connectivity index (χ3v) is 9.38. The van der Waals surface area contributed by atoms with Crippen molar-refractivity contribution in [1.82, 2.24) is 14.1 Å². The molecule has 42 heavy (non-hydrogen) atoms. The molecule has 1 aromatic heterocycles. The van der Waals surface area contributed by atoms with Crippen LogP contribution in [0.3, 0.4) is 0 Å². The average Bonchev–Trinajstić information content (AvgIpc) is 3.49. The van der Waals surface area contributed by atoms with Gasteiger partial charge in [0.25, 0.3) is 5.91 Å². The number of morpholine rings is 2. The Morgan fingerprint density at radius 3 is 2.21 bits per heavy atom. The fraction of sp³-hybridized carbons (Fsp3) is 0.290. The van der Waals surface area contributed by atoms with Gasteiger partial charge in [-0.2, -0.15) is 9.40 Å². The first-order chi connectivity index (χ1) is 20.4. The van der Waals surface area contributed by atoms with Crippen LogP contribution in [0.15, 0.2) is 83.9 Å². The number of carbonyl (C=O) groups is 1. The lowest BCUT2D eigenvalue weighted by Crippen LogP contribution is -2.40. The molecule has 0 aliphatic carbocycles. The Morgan fingerprint density at radius 2 is 1.52 bits per heavy atom. The topological polar surface area (TPSA) is 106 Å². The Kier molecular flexibility index (Phi) is 8.07. The van der Waals surface area contributed by atoms with E-state index in [2.05, 4.69) is 10.2 Å². The molecule has 11 heteroatoms. The Labute approximate surface area is 245 Å². The maximum Gasteiger partial charge on any atom is 0.259 e. The third-order valence-electron chi connectivity index (χ3n) is 7.48. The standard InChI is InChI=1S/C31H33N5O5S/c1-23-7-9-24(10-8-23)30-27(22-36(33-30)25-5-3-2-4-6-25)31(37)32-28-21-26(42(38,39)35-15-19-41-20-16-35)11-12-29(28)34-13-17-40-18-14-34/h2-12,21-22H,13-20H2,1H3,(H,32,37). The second kappa shape index (κ2) is 12.1. The van der Waals surface area contributed by atoms with E-state index in [1.165, 1.54) is 4.31 Å². The minimum Gasteiger partial charge on any atom is -0.379 e. The number of anilines is 2. The predicted octanol–water partition coefficient (Wildman–Crippen LogP) is 3.96. The molecule has 6 rings (SSSR count). The van der Waals surface area contributed by atoms with Crippen LogP contribution in [0.5, 0.6) is 0 Å². The van der Waals surface area contributed by atoms with Gasteiger partial charge < -0.3 is 19.7 Å². The SMILES string of the molecule is Cc1ccc(-c2nn(-c3ccccc3)cc2C(=O)Nc2cc(S(=O)(=O)N3CCOCC3)ccc2N2CCOCC2)cc1. The Balaban J connectivity index is 1.40. The molecule has 2 fully saturated rings. The van der Waals surface area contributed by atoms with Crippen LogP contribution in [0.4, 0.5) is 11.4 Å². The van der Waals surface area contributed by atoms with Gasteiger partial charge in [-0.3, -0.25) is 4.79 Å². The highest BCUT2D eigenvalue weighted by Gasteiger charge is 2.29. The van der Waals surface area contributed by atoms with Crippen molar-refractivity contribution in [3.05, 3.63) is 90.1 Å². The van der Waals surface area contributed by atoms with Gasteiger partial charge in [-0.1, -0.05) is 48.0 Å². The number of hydrogen-bond donors (Lipinski definition) is 1. The summed E-state index contributed by atoms with van der Waals surface area (Å²) >= 11 is 0. The van der Waals surface area contributed by atoms with Gasteiger partial charge in [0.1, 0.15) is 5.69 Å². The molecule has 2 saturated heterocycles. The Bertz CT molecular complexity index is 1660. The Morgan fingerprint density at radius 1 is 0.857 bits per heavy atom. The highest BCUT2D eigenvalue weighted by molar-refractivity contribution is 7.89. The summed E-state index contributed by atoms with van der Waals surface area (Å²) in [6, 6.07) is 22.4. The largest absolute Gasteiger partial charge is 0.379 e. The third kappa shape index (κ3) is 5.82. The van der Waals surface area contributed by atoms with Crippen LogP contribution in [0.2, 0.25) is 0 Å². The lowest BCUT2D eigenvalue weighted by atomic mass is 10.1. The average molecular weight is 588 g/mol. The molecule has 0 atom stereocenters. The van der Waals surface area contributed by atoms with Gasteiger partial charge in [0, 0.05) is 37.9 Å². The number of amides is 1. The smallest absolute Gasteiger partial charge is 0.259 e. The van der Waals surface area contributed by atoms with Crippen molar-refractivity contribution in [3.63, 3.8) is 0 Å². The predicted molar refractivity (Wildman–Crippen MR) is 161 cm³/mol. The van der Waals surface area contributed by atoms with Crippen LogP contribution >= 0.6 is 0 Å². The molecule has 2 aliphatic rings. The van der Waals surface area contributed by atoms with Crippen LogP contribution in [-0.2, 0) is 19.5 Å². The molecule has 0 unspecified atom stereocenters. The molecule has 0 saturated carbocycles. The van der Waals surface area contributed by atoms with Crippen molar-refractivity contribution < 1.29 is 22.7 Å². The minimum absolute atomic E-state index is 0.121. The number of aryl methyl sites for hydroxylation is 1. The fourth-order valence-electron chi connectivity index (χ4n) is 5.16. The summed E-state index contributed by atoms with van der Waals surface area (Å²) in [4.78, 5) is 16.2. The quantitative estimate of drug-likeness (QED) is 0.349. The van der Waals surface area contributed by atoms with E-state index in [0.717, 1.165) is 22.5 Å². The van der Waals surface area contributed by atoms with Crippen molar-refractivity contribution in [1.29, 1.82) is 0 Å². The first-order valence-electron chi connectivity index (χ1n) is 14.0.